The van der Waals surface area contributed by atoms with Gasteiger partial charge in [-0.2, -0.15) is 13.2 Å². The van der Waals surface area contributed by atoms with E-state index in [0.29, 0.717) is 13.1 Å². The maximum absolute atomic E-state index is 15.0. The minimum absolute atomic E-state index is 0.0438. The zero-order valence-electron chi connectivity index (χ0n) is 20.3. The number of morpholine rings is 1. The Morgan fingerprint density at radius 1 is 1.22 bits per heavy atom. The maximum atomic E-state index is 15.0. The number of aromatic amines is 1. The summed E-state index contributed by atoms with van der Waals surface area (Å²) in [4.78, 5) is 36.5. The summed E-state index contributed by atoms with van der Waals surface area (Å²) in [6.07, 6.45) is -4.43. The highest BCUT2D eigenvalue weighted by atomic mass is 19.4. The third kappa shape index (κ3) is 5.26. The Morgan fingerprint density at radius 3 is 2.46 bits per heavy atom. The van der Waals surface area contributed by atoms with Crippen molar-refractivity contribution in [1.82, 2.24) is 19.9 Å². The smallest absolute Gasteiger partial charge is 0.372 e. The SMILES string of the molecule is Cc1nc2c(F)c(C(F)(F)F)c(C(C)Nc3ncc(C(=O)N4CC(C)OC(C)C4)cc3F)cc2c(=O)[nH]1. The minimum Gasteiger partial charge on any atom is -0.372 e. The molecule has 1 amide bonds. The third-order valence-electron chi connectivity index (χ3n) is 5.99. The van der Waals surface area contributed by atoms with Gasteiger partial charge in [0.25, 0.3) is 11.5 Å². The number of fused-ring (bicyclic) bond motifs is 1. The van der Waals surface area contributed by atoms with Gasteiger partial charge in [0.05, 0.1) is 34.8 Å². The minimum atomic E-state index is -5.13. The second-order valence-electron chi connectivity index (χ2n) is 9.09. The summed E-state index contributed by atoms with van der Waals surface area (Å²) in [6, 6.07) is 0.472. The summed E-state index contributed by atoms with van der Waals surface area (Å²) >= 11 is 0. The molecule has 198 valence electrons. The van der Waals surface area contributed by atoms with Crippen LogP contribution in [0.1, 0.15) is 54.1 Å². The lowest BCUT2D eigenvalue weighted by molar-refractivity contribution is -0.140. The number of pyridine rings is 1. The van der Waals surface area contributed by atoms with Crippen LogP contribution >= 0.6 is 0 Å². The molecule has 3 atom stereocenters. The summed E-state index contributed by atoms with van der Waals surface area (Å²) in [5.41, 5.74) is -3.84. The molecule has 3 heterocycles. The van der Waals surface area contributed by atoms with E-state index in [1.807, 2.05) is 0 Å². The van der Waals surface area contributed by atoms with Crippen LogP contribution in [0.15, 0.2) is 23.1 Å². The van der Waals surface area contributed by atoms with E-state index in [0.717, 1.165) is 18.3 Å². The number of aromatic nitrogens is 3. The van der Waals surface area contributed by atoms with Crippen molar-refractivity contribution in [1.29, 1.82) is 0 Å². The fourth-order valence-electron chi connectivity index (χ4n) is 4.47. The summed E-state index contributed by atoms with van der Waals surface area (Å²) < 4.78 is 77.1. The van der Waals surface area contributed by atoms with Gasteiger partial charge in [0.2, 0.25) is 0 Å². The number of aryl methyl sites for hydroxylation is 1. The zero-order chi connectivity index (χ0) is 27.2. The second-order valence-corrected chi connectivity index (χ2v) is 9.09. The molecule has 1 saturated heterocycles. The largest absolute Gasteiger partial charge is 0.419 e. The molecule has 0 bridgehead atoms. The Morgan fingerprint density at radius 2 is 1.86 bits per heavy atom. The third-order valence-corrected chi connectivity index (χ3v) is 5.99. The van der Waals surface area contributed by atoms with Gasteiger partial charge in [0.15, 0.2) is 17.5 Å². The average molecular weight is 525 g/mol. The molecular formula is C24H24F5N5O3. The van der Waals surface area contributed by atoms with Gasteiger partial charge in [-0.05, 0) is 45.4 Å². The molecule has 37 heavy (non-hydrogen) atoms. The fourth-order valence-corrected chi connectivity index (χ4v) is 4.47. The van der Waals surface area contributed by atoms with Crippen molar-refractivity contribution in [3.05, 3.63) is 62.8 Å². The number of alkyl halides is 3. The number of anilines is 1. The topological polar surface area (TPSA) is 100 Å². The number of hydrogen-bond donors (Lipinski definition) is 2. The van der Waals surface area contributed by atoms with Crippen LogP contribution in [0, 0.1) is 18.6 Å². The van der Waals surface area contributed by atoms with Crippen molar-refractivity contribution in [3.8, 4) is 0 Å². The van der Waals surface area contributed by atoms with Crippen LogP contribution in [0.2, 0.25) is 0 Å². The first-order valence-electron chi connectivity index (χ1n) is 11.4. The summed E-state index contributed by atoms with van der Waals surface area (Å²) in [7, 11) is 0. The van der Waals surface area contributed by atoms with E-state index in [4.69, 9.17) is 4.74 Å². The van der Waals surface area contributed by atoms with Crippen molar-refractivity contribution < 1.29 is 31.5 Å². The normalized spacial score (nSPS) is 19.2. The van der Waals surface area contributed by atoms with Gasteiger partial charge < -0.3 is 19.9 Å². The van der Waals surface area contributed by atoms with E-state index in [1.54, 1.807) is 13.8 Å². The fraction of sp³-hybridized carbons (Fsp3) is 0.417. The molecule has 4 rings (SSSR count). The first-order valence-corrected chi connectivity index (χ1v) is 11.4. The van der Waals surface area contributed by atoms with Crippen molar-refractivity contribution in [2.45, 2.75) is 52.1 Å². The van der Waals surface area contributed by atoms with Gasteiger partial charge in [-0.1, -0.05) is 0 Å². The van der Waals surface area contributed by atoms with Crippen LogP contribution in [0.5, 0.6) is 0 Å². The van der Waals surface area contributed by atoms with Gasteiger partial charge in [-0.15, -0.1) is 0 Å². The first kappa shape index (κ1) is 26.5. The molecule has 1 aliphatic rings. The highest BCUT2D eigenvalue weighted by Crippen LogP contribution is 2.39. The van der Waals surface area contributed by atoms with E-state index in [-0.39, 0.29) is 29.0 Å². The molecule has 3 unspecified atom stereocenters. The number of carbonyl (C=O) groups is 1. The Kier molecular flexibility index (Phi) is 6.93. The van der Waals surface area contributed by atoms with Crippen LogP contribution in [0.4, 0.5) is 27.8 Å². The molecule has 8 nitrogen and oxygen atoms in total. The van der Waals surface area contributed by atoms with Gasteiger partial charge in [0, 0.05) is 19.3 Å². The quantitative estimate of drug-likeness (QED) is 0.492. The number of nitrogens with one attached hydrogen (secondary N) is 2. The van der Waals surface area contributed by atoms with E-state index >= 15 is 4.39 Å². The van der Waals surface area contributed by atoms with Crippen LogP contribution in [-0.2, 0) is 10.9 Å². The Hall–Kier alpha value is -3.61. The molecule has 0 saturated carbocycles. The summed E-state index contributed by atoms with van der Waals surface area (Å²) in [5, 5.41) is 2.11. The van der Waals surface area contributed by atoms with Crippen LogP contribution < -0.4 is 10.9 Å². The van der Waals surface area contributed by atoms with Crippen LogP contribution in [0.3, 0.4) is 0 Å². The molecule has 1 aliphatic heterocycles. The highest BCUT2D eigenvalue weighted by Gasteiger charge is 2.40. The van der Waals surface area contributed by atoms with E-state index < -0.39 is 57.8 Å². The second kappa shape index (κ2) is 9.69. The van der Waals surface area contributed by atoms with E-state index in [1.165, 1.54) is 18.7 Å². The number of carbonyl (C=O) groups excluding carboxylic acids is 1. The predicted octanol–water partition coefficient (Wildman–Crippen LogP) is 4.35. The molecule has 0 spiro atoms. The summed E-state index contributed by atoms with van der Waals surface area (Å²) in [6.45, 7) is 6.78. The first-order chi connectivity index (χ1) is 17.3. The van der Waals surface area contributed by atoms with Gasteiger partial charge in [-0.25, -0.2) is 18.7 Å². The van der Waals surface area contributed by atoms with Crippen LogP contribution in [-0.4, -0.2) is 51.1 Å². The number of rotatable bonds is 4. The molecule has 1 fully saturated rings. The van der Waals surface area contributed by atoms with Crippen molar-refractivity contribution in [2.24, 2.45) is 0 Å². The Bertz CT molecular complexity index is 1410. The molecule has 0 aliphatic carbocycles. The predicted molar refractivity (Wildman–Crippen MR) is 124 cm³/mol. The lowest BCUT2D eigenvalue weighted by Crippen LogP contribution is -2.48. The van der Waals surface area contributed by atoms with E-state index in [2.05, 4.69) is 20.3 Å². The molecule has 2 aromatic heterocycles. The van der Waals surface area contributed by atoms with Gasteiger partial charge >= 0.3 is 6.18 Å². The van der Waals surface area contributed by atoms with Crippen molar-refractivity contribution in [2.75, 3.05) is 18.4 Å². The number of amides is 1. The lowest BCUT2D eigenvalue weighted by atomic mass is 9.97. The molecular weight excluding hydrogens is 501 g/mol. The average Bonchev–Trinajstić information content (AvgIpc) is 2.78. The molecule has 1 aromatic carbocycles. The number of halogens is 5. The van der Waals surface area contributed by atoms with Gasteiger partial charge in [-0.3, -0.25) is 9.59 Å². The molecule has 3 aromatic rings. The molecule has 13 heteroatoms. The number of H-pyrrole nitrogens is 1. The zero-order valence-corrected chi connectivity index (χ0v) is 20.3. The van der Waals surface area contributed by atoms with Crippen molar-refractivity contribution >= 4 is 22.6 Å². The Balaban J connectivity index is 1.67. The summed E-state index contributed by atoms with van der Waals surface area (Å²) in [5.74, 6) is -3.66. The van der Waals surface area contributed by atoms with Crippen LogP contribution in [0.25, 0.3) is 10.9 Å². The Labute approximate surface area is 207 Å². The molecule has 0 radical (unpaired) electrons. The number of ether oxygens (including phenoxy) is 1. The number of nitrogens with zero attached hydrogens (tertiary/aromatic N) is 3. The van der Waals surface area contributed by atoms with Gasteiger partial charge in [0.1, 0.15) is 11.3 Å². The standard InChI is InChI=1S/C24H24F5N5O3/c1-10-8-34(9-11(2)37-10)23(36)14-5-17(25)21(30-7-14)31-12(3)15-6-16-20(32-13(4)33-22(16)35)19(26)18(15)24(27,28)29/h5-7,10-12H,8-9H2,1-4H3,(H,30,31)(H,32,33,35). The highest BCUT2D eigenvalue weighted by molar-refractivity contribution is 5.94. The van der Waals surface area contributed by atoms with Crippen molar-refractivity contribution in [3.63, 3.8) is 0 Å². The lowest BCUT2D eigenvalue weighted by Gasteiger charge is -2.35. The monoisotopic (exact) mass is 525 g/mol. The number of benzene rings is 1. The maximum Gasteiger partial charge on any atom is 0.419 e. The van der Waals surface area contributed by atoms with E-state index in [9.17, 15) is 27.2 Å². The number of hydrogen-bond acceptors (Lipinski definition) is 6. The molecule has 2 N–H and O–H groups in total.